The molecule has 0 bridgehead atoms. The summed E-state index contributed by atoms with van der Waals surface area (Å²) in [6.45, 7) is 9.34. The SMILES string of the molecule is CCN(CCCC(C)CCN)CC1CCC1. The first kappa shape index (κ1) is 14.0. The topological polar surface area (TPSA) is 29.3 Å². The molecule has 0 amide bonds. The van der Waals surface area contributed by atoms with Crippen molar-refractivity contribution in [1.82, 2.24) is 4.90 Å². The molecule has 1 atom stereocenters. The summed E-state index contributed by atoms with van der Waals surface area (Å²) < 4.78 is 0. The Bertz CT molecular complexity index is 166. The highest BCUT2D eigenvalue weighted by Gasteiger charge is 2.19. The Morgan fingerprint density at radius 1 is 1.31 bits per heavy atom. The number of hydrogen-bond acceptors (Lipinski definition) is 2. The van der Waals surface area contributed by atoms with Crippen molar-refractivity contribution >= 4 is 0 Å². The van der Waals surface area contributed by atoms with Crippen LogP contribution in [0, 0.1) is 11.8 Å². The molecular weight excluding hydrogens is 196 g/mol. The van der Waals surface area contributed by atoms with Crippen LogP contribution in [-0.4, -0.2) is 31.1 Å². The molecule has 96 valence electrons. The lowest BCUT2D eigenvalue weighted by Crippen LogP contribution is -2.33. The molecule has 0 heterocycles. The summed E-state index contributed by atoms with van der Waals surface area (Å²) in [5, 5.41) is 0. The molecule has 2 heteroatoms. The van der Waals surface area contributed by atoms with Gasteiger partial charge in [-0.1, -0.05) is 20.3 Å². The van der Waals surface area contributed by atoms with Crippen LogP contribution in [0.2, 0.25) is 0 Å². The predicted octanol–water partition coefficient (Wildman–Crippen LogP) is 2.87. The second kappa shape index (κ2) is 8.08. The van der Waals surface area contributed by atoms with Crippen molar-refractivity contribution in [3.8, 4) is 0 Å². The van der Waals surface area contributed by atoms with Gasteiger partial charge in [-0.2, -0.15) is 0 Å². The Morgan fingerprint density at radius 2 is 2.06 bits per heavy atom. The van der Waals surface area contributed by atoms with Crippen LogP contribution in [0.15, 0.2) is 0 Å². The van der Waals surface area contributed by atoms with E-state index in [9.17, 15) is 0 Å². The van der Waals surface area contributed by atoms with Gasteiger partial charge in [0.1, 0.15) is 0 Å². The Labute approximate surface area is 102 Å². The average Bonchev–Trinajstić information content (AvgIpc) is 2.21. The lowest BCUT2D eigenvalue weighted by Gasteiger charge is -2.31. The zero-order valence-electron chi connectivity index (χ0n) is 11.3. The van der Waals surface area contributed by atoms with Crippen molar-refractivity contribution < 1.29 is 0 Å². The summed E-state index contributed by atoms with van der Waals surface area (Å²) in [6.07, 6.45) is 8.30. The first-order valence-corrected chi connectivity index (χ1v) is 7.18. The van der Waals surface area contributed by atoms with Crippen LogP contribution in [0.25, 0.3) is 0 Å². The third-order valence-corrected chi connectivity index (χ3v) is 4.02. The van der Waals surface area contributed by atoms with Gasteiger partial charge in [0.15, 0.2) is 0 Å². The quantitative estimate of drug-likeness (QED) is 0.655. The van der Waals surface area contributed by atoms with Crippen molar-refractivity contribution in [3.63, 3.8) is 0 Å². The molecule has 0 aliphatic heterocycles. The van der Waals surface area contributed by atoms with E-state index in [1.165, 1.54) is 58.2 Å². The second-order valence-corrected chi connectivity index (χ2v) is 5.51. The van der Waals surface area contributed by atoms with Crippen LogP contribution >= 0.6 is 0 Å². The molecule has 1 aliphatic carbocycles. The summed E-state index contributed by atoms with van der Waals surface area (Å²) in [5.74, 6) is 1.83. The zero-order chi connectivity index (χ0) is 11.8. The minimum absolute atomic E-state index is 0.812. The average molecular weight is 226 g/mol. The van der Waals surface area contributed by atoms with Crippen molar-refractivity contribution in [2.75, 3.05) is 26.2 Å². The highest BCUT2D eigenvalue weighted by Crippen LogP contribution is 2.27. The molecule has 0 saturated heterocycles. The standard InChI is InChI=1S/C14H30N2/c1-3-16(12-14-7-4-8-14)11-5-6-13(2)9-10-15/h13-14H,3-12,15H2,1-2H3. The summed E-state index contributed by atoms with van der Waals surface area (Å²) >= 11 is 0. The van der Waals surface area contributed by atoms with Crippen LogP contribution in [0.1, 0.15) is 52.4 Å². The van der Waals surface area contributed by atoms with E-state index in [0.717, 1.165) is 18.4 Å². The molecule has 1 unspecified atom stereocenters. The maximum Gasteiger partial charge on any atom is 0.000954 e. The van der Waals surface area contributed by atoms with E-state index in [0.29, 0.717) is 0 Å². The van der Waals surface area contributed by atoms with E-state index in [1.54, 1.807) is 0 Å². The van der Waals surface area contributed by atoms with Gasteiger partial charge in [-0.3, -0.25) is 0 Å². The molecule has 0 aromatic rings. The maximum absolute atomic E-state index is 5.57. The number of nitrogens with zero attached hydrogens (tertiary/aromatic N) is 1. The van der Waals surface area contributed by atoms with Gasteiger partial charge in [0.2, 0.25) is 0 Å². The van der Waals surface area contributed by atoms with Crippen molar-refractivity contribution in [3.05, 3.63) is 0 Å². The minimum atomic E-state index is 0.812. The highest BCUT2D eigenvalue weighted by molar-refractivity contribution is 4.73. The van der Waals surface area contributed by atoms with Gasteiger partial charge in [-0.15, -0.1) is 0 Å². The largest absolute Gasteiger partial charge is 0.330 e. The van der Waals surface area contributed by atoms with E-state index >= 15 is 0 Å². The molecule has 16 heavy (non-hydrogen) atoms. The molecule has 0 spiro atoms. The number of rotatable bonds is 9. The second-order valence-electron chi connectivity index (χ2n) is 5.51. The summed E-state index contributed by atoms with van der Waals surface area (Å²) in [5.41, 5.74) is 5.57. The summed E-state index contributed by atoms with van der Waals surface area (Å²) in [7, 11) is 0. The van der Waals surface area contributed by atoms with Gasteiger partial charge in [-0.25, -0.2) is 0 Å². The van der Waals surface area contributed by atoms with Crippen LogP contribution in [-0.2, 0) is 0 Å². The smallest absolute Gasteiger partial charge is 0.000954 e. The van der Waals surface area contributed by atoms with Crippen molar-refractivity contribution in [1.29, 1.82) is 0 Å². The Kier molecular flexibility index (Phi) is 7.06. The Balaban J connectivity index is 2.03. The lowest BCUT2D eigenvalue weighted by atomic mass is 9.85. The number of hydrogen-bond donors (Lipinski definition) is 1. The first-order valence-electron chi connectivity index (χ1n) is 7.18. The van der Waals surface area contributed by atoms with Crippen LogP contribution in [0.5, 0.6) is 0 Å². The minimum Gasteiger partial charge on any atom is -0.330 e. The number of nitrogens with two attached hydrogens (primary N) is 1. The normalized spacial score (nSPS) is 18.8. The molecule has 1 aliphatic rings. The van der Waals surface area contributed by atoms with Gasteiger partial charge in [-0.05, 0) is 63.6 Å². The molecule has 2 N–H and O–H groups in total. The van der Waals surface area contributed by atoms with Gasteiger partial charge < -0.3 is 10.6 Å². The molecular formula is C14H30N2. The summed E-state index contributed by atoms with van der Waals surface area (Å²) in [6, 6.07) is 0. The fourth-order valence-corrected chi connectivity index (χ4v) is 2.51. The molecule has 0 aromatic heterocycles. The van der Waals surface area contributed by atoms with Crippen LogP contribution < -0.4 is 5.73 Å². The van der Waals surface area contributed by atoms with Gasteiger partial charge in [0.05, 0.1) is 0 Å². The van der Waals surface area contributed by atoms with E-state index in [2.05, 4.69) is 18.7 Å². The maximum atomic E-state index is 5.57. The van der Waals surface area contributed by atoms with Gasteiger partial charge in [0.25, 0.3) is 0 Å². The van der Waals surface area contributed by atoms with E-state index < -0.39 is 0 Å². The highest BCUT2D eigenvalue weighted by atomic mass is 15.1. The van der Waals surface area contributed by atoms with Crippen LogP contribution in [0.3, 0.4) is 0 Å². The molecule has 2 nitrogen and oxygen atoms in total. The van der Waals surface area contributed by atoms with Crippen LogP contribution in [0.4, 0.5) is 0 Å². The van der Waals surface area contributed by atoms with Crippen molar-refractivity contribution in [2.45, 2.75) is 52.4 Å². The third kappa shape index (κ3) is 5.31. The first-order chi connectivity index (χ1) is 7.76. The van der Waals surface area contributed by atoms with Gasteiger partial charge >= 0.3 is 0 Å². The molecule has 0 radical (unpaired) electrons. The molecule has 1 saturated carbocycles. The summed E-state index contributed by atoms with van der Waals surface area (Å²) in [4.78, 5) is 2.64. The monoisotopic (exact) mass is 226 g/mol. The van der Waals surface area contributed by atoms with E-state index in [-0.39, 0.29) is 0 Å². The van der Waals surface area contributed by atoms with E-state index in [4.69, 9.17) is 5.73 Å². The lowest BCUT2D eigenvalue weighted by molar-refractivity contribution is 0.179. The Hall–Kier alpha value is -0.0800. The molecule has 0 aromatic carbocycles. The van der Waals surface area contributed by atoms with E-state index in [1.807, 2.05) is 0 Å². The Morgan fingerprint density at radius 3 is 2.56 bits per heavy atom. The molecule has 1 rings (SSSR count). The molecule has 1 fully saturated rings. The zero-order valence-corrected chi connectivity index (χ0v) is 11.3. The third-order valence-electron chi connectivity index (χ3n) is 4.02. The fraction of sp³-hybridized carbons (Fsp3) is 1.00. The van der Waals surface area contributed by atoms with Crippen molar-refractivity contribution in [2.24, 2.45) is 17.6 Å². The fourth-order valence-electron chi connectivity index (χ4n) is 2.51. The predicted molar refractivity (Wildman–Crippen MR) is 71.5 cm³/mol. The van der Waals surface area contributed by atoms with Gasteiger partial charge in [0, 0.05) is 6.54 Å².